The minimum Gasteiger partial charge on any atom is -0.406 e. The van der Waals surface area contributed by atoms with E-state index in [1.165, 1.54) is 30.7 Å². The van der Waals surface area contributed by atoms with E-state index in [9.17, 15) is 18.3 Å². The van der Waals surface area contributed by atoms with Gasteiger partial charge in [0, 0.05) is 19.1 Å². The zero-order valence-corrected chi connectivity index (χ0v) is 16.3. The zero-order valence-electron chi connectivity index (χ0n) is 16.3. The molecule has 158 valence electrons. The molecular formula is C19H29F3N4O2. The molecule has 1 fully saturated rings. The Hall–Kier alpha value is -2.00. The van der Waals surface area contributed by atoms with E-state index in [0.29, 0.717) is 24.1 Å². The van der Waals surface area contributed by atoms with E-state index in [4.69, 9.17) is 0 Å². The predicted octanol–water partition coefficient (Wildman–Crippen LogP) is 2.66. The highest BCUT2D eigenvalue weighted by Gasteiger charge is 2.31. The second kappa shape index (κ2) is 10.5. The molecule has 1 saturated heterocycles. The number of alkyl halides is 3. The number of nitrogens with zero attached hydrogens (tertiary/aromatic N) is 2. The average Bonchev–Trinajstić information content (AvgIpc) is 3.10. The number of rotatable bonds is 8. The van der Waals surface area contributed by atoms with Gasteiger partial charge in [0.2, 0.25) is 0 Å². The molecule has 0 bridgehead atoms. The lowest BCUT2D eigenvalue weighted by Crippen LogP contribution is -2.45. The number of likely N-dealkylation sites (tertiary alicyclic amines) is 1. The summed E-state index contributed by atoms with van der Waals surface area (Å²) in [5.41, 5.74) is 0.474. The van der Waals surface area contributed by atoms with Crippen molar-refractivity contribution < 1.29 is 23.0 Å². The molecule has 1 aliphatic heterocycles. The van der Waals surface area contributed by atoms with Crippen LogP contribution in [0.4, 0.5) is 13.2 Å². The van der Waals surface area contributed by atoms with Crippen LogP contribution in [0.5, 0.6) is 5.75 Å². The number of hydrogen-bond acceptors (Lipinski definition) is 4. The van der Waals surface area contributed by atoms with Gasteiger partial charge in [-0.1, -0.05) is 19.1 Å². The van der Waals surface area contributed by atoms with Gasteiger partial charge in [-0.3, -0.25) is 9.89 Å². The van der Waals surface area contributed by atoms with Crippen LogP contribution in [0, 0.1) is 0 Å². The topological polar surface area (TPSA) is 69.1 Å². The number of aliphatic imine (C=N–C) groups is 1. The lowest BCUT2D eigenvalue weighted by molar-refractivity contribution is -0.274. The first-order valence-corrected chi connectivity index (χ1v) is 9.62. The quantitative estimate of drug-likeness (QED) is 0.461. The summed E-state index contributed by atoms with van der Waals surface area (Å²) in [5.74, 6) is 0.292. The van der Waals surface area contributed by atoms with E-state index in [1.54, 1.807) is 0 Å². The van der Waals surface area contributed by atoms with Crippen molar-refractivity contribution in [3.8, 4) is 5.75 Å². The van der Waals surface area contributed by atoms with Gasteiger partial charge in [0.05, 0.1) is 12.6 Å². The summed E-state index contributed by atoms with van der Waals surface area (Å²) >= 11 is 0. The van der Waals surface area contributed by atoms with Gasteiger partial charge >= 0.3 is 6.36 Å². The molecule has 0 aromatic heterocycles. The maximum Gasteiger partial charge on any atom is 0.573 e. The van der Waals surface area contributed by atoms with Crippen LogP contribution < -0.4 is 15.4 Å². The summed E-state index contributed by atoms with van der Waals surface area (Å²) in [7, 11) is 0. The molecular weight excluding hydrogens is 373 g/mol. The van der Waals surface area contributed by atoms with Crippen LogP contribution in [0.3, 0.4) is 0 Å². The number of halogens is 3. The number of hydrogen-bond donors (Lipinski definition) is 3. The third kappa shape index (κ3) is 7.20. The third-order valence-electron chi connectivity index (χ3n) is 4.68. The molecule has 3 N–H and O–H groups in total. The molecule has 0 saturated carbocycles. The number of aliphatic hydroxyl groups is 1. The van der Waals surface area contributed by atoms with E-state index in [-0.39, 0.29) is 12.3 Å². The van der Waals surface area contributed by atoms with Crippen LogP contribution in [-0.4, -0.2) is 61.1 Å². The Morgan fingerprint density at radius 1 is 1.29 bits per heavy atom. The zero-order chi connectivity index (χ0) is 20.6. The Morgan fingerprint density at radius 2 is 2.00 bits per heavy atom. The number of likely N-dealkylation sites (N-methyl/N-ethyl adjacent to an activating group) is 1. The van der Waals surface area contributed by atoms with Gasteiger partial charge in [0.15, 0.2) is 5.96 Å². The molecule has 1 heterocycles. The second-order valence-electron chi connectivity index (χ2n) is 6.66. The standard InChI is InChI=1S/C19H29F3N4O2/c1-3-23-18(24-12-15-6-5-11-26(15)4-2)25-13-17(27)14-7-9-16(10-8-14)28-19(20,21)22/h7-10,15,17,27H,3-6,11-13H2,1-2H3,(H2,23,24,25). The van der Waals surface area contributed by atoms with Crippen molar-refractivity contribution >= 4 is 5.96 Å². The molecule has 0 spiro atoms. The third-order valence-corrected chi connectivity index (χ3v) is 4.68. The molecule has 2 unspecified atom stereocenters. The minimum absolute atomic E-state index is 0.0942. The highest BCUT2D eigenvalue weighted by Crippen LogP contribution is 2.24. The molecule has 0 aliphatic carbocycles. The van der Waals surface area contributed by atoms with E-state index < -0.39 is 12.5 Å². The van der Waals surface area contributed by atoms with Gasteiger partial charge in [0.1, 0.15) is 5.75 Å². The summed E-state index contributed by atoms with van der Waals surface area (Å²) < 4.78 is 40.5. The fourth-order valence-corrected chi connectivity index (χ4v) is 3.27. The summed E-state index contributed by atoms with van der Waals surface area (Å²) in [6, 6.07) is 5.63. The van der Waals surface area contributed by atoms with Crippen LogP contribution >= 0.6 is 0 Å². The average molecular weight is 402 g/mol. The number of aliphatic hydroxyl groups excluding tert-OH is 1. The second-order valence-corrected chi connectivity index (χ2v) is 6.66. The molecule has 6 nitrogen and oxygen atoms in total. The van der Waals surface area contributed by atoms with Crippen molar-refractivity contribution in [2.45, 2.75) is 45.2 Å². The maximum atomic E-state index is 12.2. The fraction of sp³-hybridized carbons (Fsp3) is 0.632. The Bertz CT molecular complexity index is 623. The Morgan fingerprint density at radius 3 is 2.61 bits per heavy atom. The van der Waals surface area contributed by atoms with Crippen molar-refractivity contribution in [2.75, 3.05) is 32.7 Å². The Balaban J connectivity index is 1.90. The first kappa shape index (κ1) is 22.3. The molecule has 9 heteroatoms. The van der Waals surface area contributed by atoms with Crippen molar-refractivity contribution in [2.24, 2.45) is 4.99 Å². The van der Waals surface area contributed by atoms with Gasteiger partial charge in [-0.15, -0.1) is 13.2 Å². The summed E-state index contributed by atoms with van der Waals surface area (Å²) in [6.07, 6.45) is -3.31. The first-order chi connectivity index (χ1) is 13.3. The molecule has 1 aromatic rings. The van der Waals surface area contributed by atoms with Gasteiger partial charge in [-0.25, -0.2) is 0 Å². The summed E-state index contributed by atoms with van der Waals surface area (Å²) in [6.45, 7) is 7.81. The monoisotopic (exact) mass is 402 g/mol. The summed E-state index contributed by atoms with van der Waals surface area (Å²) in [5, 5.41) is 16.7. The smallest absolute Gasteiger partial charge is 0.406 e. The van der Waals surface area contributed by atoms with Crippen LogP contribution in [0.25, 0.3) is 0 Å². The van der Waals surface area contributed by atoms with Gasteiger partial charge < -0.3 is 20.5 Å². The maximum absolute atomic E-state index is 12.2. The highest BCUT2D eigenvalue weighted by molar-refractivity contribution is 5.79. The van der Waals surface area contributed by atoms with Crippen molar-refractivity contribution in [1.82, 2.24) is 15.5 Å². The fourth-order valence-electron chi connectivity index (χ4n) is 3.27. The normalized spacial score (nSPS) is 19.5. The lowest BCUT2D eigenvalue weighted by Gasteiger charge is -2.24. The van der Waals surface area contributed by atoms with Gasteiger partial charge in [0.25, 0.3) is 0 Å². The molecule has 28 heavy (non-hydrogen) atoms. The molecule has 0 radical (unpaired) electrons. The van der Waals surface area contributed by atoms with Gasteiger partial charge in [-0.05, 0) is 50.6 Å². The summed E-state index contributed by atoms with van der Waals surface area (Å²) in [4.78, 5) is 6.82. The van der Waals surface area contributed by atoms with Crippen LogP contribution in [0.15, 0.2) is 29.3 Å². The molecule has 1 aromatic carbocycles. The lowest BCUT2D eigenvalue weighted by atomic mass is 10.1. The Kier molecular flexibility index (Phi) is 8.37. The number of nitrogens with one attached hydrogen (secondary N) is 2. The Labute approximate surface area is 163 Å². The number of benzene rings is 1. The molecule has 1 aliphatic rings. The van der Waals surface area contributed by atoms with Gasteiger partial charge in [-0.2, -0.15) is 0 Å². The highest BCUT2D eigenvalue weighted by atomic mass is 19.4. The van der Waals surface area contributed by atoms with Crippen molar-refractivity contribution in [3.05, 3.63) is 29.8 Å². The van der Waals surface area contributed by atoms with Crippen molar-refractivity contribution in [3.63, 3.8) is 0 Å². The van der Waals surface area contributed by atoms with Crippen LogP contribution in [0.2, 0.25) is 0 Å². The van der Waals surface area contributed by atoms with Crippen molar-refractivity contribution in [1.29, 1.82) is 0 Å². The number of ether oxygens (including phenoxy) is 1. The minimum atomic E-state index is -4.73. The number of guanidine groups is 1. The molecule has 2 atom stereocenters. The first-order valence-electron chi connectivity index (χ1n) is 9.62. The largest absolute Gasteiger partial charge is 0.573 e. The van der Waals surface area contributed by atoms with E-state index >= 15 is 0 Å². The van der Waals surface area contributed by atoms with E-state index in [2.05, 4.69) is 32.2 Å². The SMILES string of the molecule is CCNC(=NCC(O)c1ccc(OC(F)(F)F)cc1)NCC1CCCN1CC. The molecule has 2 rings (SSSR count). The predicted molar refractivity (Wildman–Crippen MR) is 102 cm³/mol. The van der Waals surface area contributed by atoms with Crippen LogP contribution in [-0.2, 0) is 0 Å². The van der Waals surface area contributed by atoms with E-state index in [0.717, 1.165) is 26.1 Å². The molecule has 0 amide bonds. The van der Waals surface area contributed by atoms with E-state index in [1.807, 2.05) is 6.92 Å². The van der Waals surface area contributed by atoms with Crippen LogP contribution in [0.1, 0.15) is 38.4 Å².